The van der Waals surface area contributed by atoms with Crippen molar-refractivity contribution in [3.63, 3.8) is 0 Å². The fourth-order valence-corrected chi connectivity index (χ4v) is 22.5. The first-order valence-electron chi connectivity index (χ1n) is 48.8. The first-order valence-corrected chi connectivity index (χ1v) is 50.0. The van der Waals surface area contributed by atoms with Gasteiger partial charge >= 0.3 is 0 Å². The van der Waals surface area contributed by atoms with Gasteiger partial charge in [-0.15, -0.1) is 0 Å². The van der Waals surface area contributed by atoms with Gasteiger partial charge in [0.15, 0.2) is 0 Å². The average Bonchev–Trinajstić information content (AvgIpc) is 1.59. The second-order valence-corrected chi connectivity index (χ2v) is 40.2. The Morgan fingerprint density at radius 3 is 1.05 bits per heavy atom. The van der Waals surface area contributed by atoms with Crippen molar-refractivity contribution in [3.8, 4) is 89.3 Å². The summed E-state index contributed by atoms with van der Waals surface area (Å²) in [5.41, 5.74) is 45.7. The number of hydrogen-bond acceptors (Lipinski definition) is 3. The van der Waals surface area contributed by atoms with Crippen molar-refractivity contribution in [1.29, 1.82) is 0 Å². The standard InChI is InChI=1S/C55H40N2.C30H20ClN.C25H21N.C15H13Br.C10H9N/c1-55(2)50-22-12-11-21-46(50)47-31-30-44(36-51(47)55)56(52-23-13-17-39-16-9-10-20-45(39)52)43-28-24-38(25-29-43)41-27-33-54-49(35-41)48-34-40(37-14-5-3-6-15-37)26-32-53(48)57(54)42-18-7-4-8-19-42;31-25-15-11-22(12-16-25)24-14-18-30-28(20-24)27-19-23(21-7-3-1-4-8-21)13-17-29(27)32(30)26-9-5-2-6-10-26;1-25(2)22-12-6-5-11-20(22)21-15-14-18(16-23(21)25)26-24-13-7-9-17-8-3-4-10-19(17)24;1-15(2)13-6-4-3-5-11(13)12-8-7-10(16)9-14(12)15;11-10-7-3-5-8-4-1-2-6-9(8)10/h3-36H,1-2H3;1-20H;3-16,26H,1-2H3;3-9H,1-2H3;1-7H,11H2. The van der Waals surface area contributed by atoms with E-state index < -0.39 is 0 Å². The third kappa shape index (κ3) is 16.5. The van der Waals surface area contributed by atoms with Gasteiger partial charge in [-0.25, -0.2) is 0 Å². The molecule has 0 bridgehead atoms. The van der Waals surface area contributed by atoms with Crippen LogP contribution in [0.5, 0.6) is 0 Å². The largest absolute Gasteiger partial charge is 0.398 e. The normalized spacial score (nSPS) is 12.8. The molecule has 22 aromatic carbocycles. The molecular formula is C135H103BrClN5. The molecule has 0 unspecified atom stereocenters. The highest BCUT2D eigenvalue weighted by molar-refractivity contribution is 9.10. The quantitative estimate of drug-likeness (QED) is 0.127. The third-order valence-electron chi connectivity index (χ3n) is 29.3. The fourth-order valence-electron chi connectivity index (χ4n) is 22.0. The summed E-state index contributed by atoms with van der Waals surface area (Å²) in [5, 5.41) is 16.7. The van der Waals surface area contributed by atoms with E-state index >= 15 is 0 Å². The number of anilines is 6. The Kier molecular flexibility index (Phi) is 23.4. The molecule has 0 radical (unpaired) electrons. The summed E-state index contributed by atoms with van der Waals surface area (Å²) >= 11 is 9.68. The molecule has 3 aliphatic rings. The Morgan fingerprint density at radius 2 is 0.577 bits per heavy atom. The molecule has 0 aliphatic heterocycles. The highest BCUT2D eigenvalue weighted by Gasteiger charge is 2.39. The molecule has 0 atom stereocenters. The fraction of sp³-hybridized carbons (Fsp3) is 0.0667. The minimum absolute atomic E-state index is 0.0301. The topological polar surface area (TPSA) is 51.1 Å². The van der Waals surface area contributed by atoms with Crippen LogP contribution in [-0.2, 0) is 16.2 Å². The second kappa shape index (κ2) is 37.3. The van der Waals surface area contributed by atoms with Gasteiger partial charge in [-0.3, -0.25) is 0 Å². The summed E-state index contributed by atoms with van der Waals surface area (Å²) in [4.78, 5) is 2.44. The summed E-state index contributed by atoms with van der Waals surface area (Å²) in [6.45, 7) is 13.9. The zero-order valence-corrected chi connectivity index (χ0v) is 82.4. The molecule has 0 fully saturated rings. The van der Waals surface area contributed by atoms with E-state index in [1.165, 1.54) is 188 Å². The van der Waals surface area contributed by atoms with E-state index in [1.54, 1.807) is 0 Å². The number of para-hydroxylation sites is 2. The zero-order chi connectivity index (χ0) is 96.3. The molecule has 0 saturated carbocycles. The van der Waals surface area contributed by atoms with Crippen LogP contribution in [0.3, 0.4) is 0 Å². The number of benzene rings is 22. The Hall–Kier alpha value is -16.6. The van der Waals surface area contributed by atoms with Gasteiger partial charge in [0.25, 0.3) is 0 Å². The van der Waals surface area contributed by atoms with E-state index in [0.717, 1.165) is 54.6 Å². The van der Waals surface area contributed by atoms with Crippen molar-refractivity contribution in [1.82, 2.24) is 9.13 Å². The van der Waals surface area contributed by atoms with Crippen LogP contribution in [0.2, 0.25) is 5.02 Å². The van der Waals surface area contributed by atoms with Crippen LogP contribution in [-0.4, -0.2) is 9.13 Å². The van der Waals surface area contributed by atoms with E-state index in [9.17, 15) is 0 Å². The maximum Gasteiger partial charge on any atom is 0.0541 e. The van der Waals surface area contributed by atoms with Gasteiger partial charge < -0.3 is 25.1 Å². The SMILES string of the molecule is CC1(C)c2ccccc2-c2ccc(Br)cc21.CC1(C)c2ccccc2-c2ccc(N(c3ccc(-c4ccc5c(c4)c4cc(-c6ccccc6)ccc4n5-c4ccccc4)cc3)c3cccc4ccccc34)cc21.CC1(C)c2ccccc2-c2ccc(Nc3cccc4ccccc34)cc21.Clc1ccc(-c2ccc3c(c2)c2cc(-c4ccccc4)ccc2n3-c2ccccc2)cc1.Nc1cccc2ccccc12. The number of hydrogen-bond donors (Lipinski definition) is 2. The lowest BCUT2D eigenvalue weighted by Crippen LogP contribution is -2.16. The average molecular weight is 1910 g/mol. The molecule has 2 heterocycles. The highest BCUT2D eigenvalue weighted by atomic mass is 79.9. The highest BCUT2D eigenvalue weighted by Crippen LogP contribution is 2.55. The van der Waals surface area contributed by atoms with Crippen LogP contribution in [0.25, 0.3) is 165 Å². The van der Waals surface area contributed by atoms with Crippen LogP contribution in [0.15, 0.2) is 502 Å². The predicted octanol–water partition coefficient (Wildman–Crippen LogP) is 37.9. The molecule has 3 N–H and O–H groups in total. The molecule has 5 nitrogen and oxygen atoms in total. The second-order valence-electron chi connectivity index (χ2n) is 38.8. The van der Waals surface area contributed by atoms with Crippen molar-refractivity contribution < 1.29 is 0 Å². The lowest BCUT2D eigenvalue weighted by molar-refractivity contribution is 0.660. The van der Waals surface area contributed by atoms with E-state index in [0.29, 0.717) is 0 Å². The van der Waals surface area contributed by atoms with Gasteiger partial charge in [-0.1, -0.05) is 415 Å². The monoisotopic (exact) mass is 1910 g/mol. The predicted molar refractivity (Wildman–Crippen MR) is 609 cm³/mol. The maximum absolute atomic E-state index is 6.12. The van der Waals surface area contributed by atoms with Crippen molar-refractivity contribution >= 4 is 138 Å². The number of nitrogen functional groups attached to an aromatic ring is 1. The van der Waals surface area contributed by atoms with Gasteiger partial charge in [-0.05, 0) is 279 Å². The van der Waals surface area contributed by atoms with Gasteiger partial charge in [-0.2, -0.15) is 0 Å². The third-order valence-corrected chi connectivity index (χ3v) is 30.0. The van der Waals surface area contributed by atoms with Crippen molar-refractivity contribution in [2.24, 2.45) is 0 Å². The summed E-state index contributed by atoms with van der Waals surface area (Å²) in [6.07, 6.45) is 0. The first-order chi connectivity index (χ1) is 69.4. The van der Waals surface area contributed by atoms with Crippen molar-refractivity contribution in [2.75, 3.05) is 16.0 Å². The van der Waals surface area contributed by atoms with E-state index in [2.05, 4.69) is 532 Å². The minimum atomic E-state index is -0.0969. The number of aromatic nitrogens is 2. The van der Waals surface area contributed by atoms with Crippen LogP contribution in [0.4, 0.5) is 34.1 Å². The number of fused-ring (bicyclic) bond motifs is 18. The lowest BCUT2D eigenvalue weighted by atomic mass is 9.82. The van der Waals surface area contributed by atoms with Gasteiger partial charge in [0.05, 0.1) is 27.8 Å². The Morgan fingerprint density at radius 1 is 0.246 bits per heavy atom. The first kappa shape index (κ1) is 89.3. The van der Waals surface area contributed by atoms with Gasteiger partial charge in [0, 0.05) is 103 Å². The summed E-state index contributed by atoms with van der Waals surface area (Å²) in [6, 6.07) is 178. The minimum Gasteiger partial charge on any atom is -0.398 e. The molecule has 2 aromatic heterocycles. The molecule has 0 saturated heterocycles. The van der Waals surface area contributed by atoms with E-state index in [-0.39, 0.29) is 16.2 Å². The molecule has 27 rings (SSSR count). The Bertz CT molecular complexity index is 8910. The van der Waals surface area contributed by atoms with Gasteiger partial charge in [0.2, 0.25) is 0 Å². The molecule has 3 aliphatic carbocycles. The molecule has 0 amide bonds. The molecule has 142 heavy (non-hydrogen) atoms. The summed E-state index contributed by atoms with van der Waals surface area (Å²) in [7, 11) is 0. The molecule has 682 valence electrons. The maximum atomic E-state index is 6.12. The molecule has 24 aromatic rings. The molecule has 0 spiro atoms. The zero-order valence-electron chi connectivity index (χ0n) is 80.0. The number of nitrogens with two attached hydrogens (primary N) is 1. The number of halogens is 2. The lowest BCUT2D eigenvalue weighted by Gasteiger charge is -2.29. The number of rotatable bonds is 11. The molecule has 7 heteroatoms. The van der Waals surface area contributed by atoms with Crippen LogP contribution in [0, 0.1) is 0 Å². The number of nitrogens with one attached hydrogen (secondary N) is 1. The van der Waals surface area contributed by atoms with Crippen molar-refractivity contribution in [2.45, 2.75) is 57.8 Å². The van der Waals surface area contributed by atoms with Crippen LogP contribution in [0.1, 0.15) is 74.9 Å². The number of nitrogens with zero attached hydrogens (tertiary/aromatic N) is 3. The smallest absolute Gasteiger partial charge is 0.0541 e. The summed E-state index contributed by atoms with van der Waals surface area (Å²) in [5.74, 6) is 0. The van der Waals surface area contributed by atoms with Crippen LogP contribution < -0.4 is 16.0 Å². The van der Waals surface area contributed by atoms with E-state index in [1.807, 2.05) is 42.5 Å². The summed E-state index contributed by atoms with van der Waals surface area (Å²) < 4.78 is 5.91. The van der Waals surface area contributed by atoms with Gasteiger partial charge in [0.1, 0.15) is 0 Å². The van der Waals surface area contributed by atoms with Crippen molar-refractivity contribution in [3.05, 3.63) is 540 Å². The van der Waals surface area contributed by atoms with Crippen LogP contribution >= 0.6 is 27.5 Å². The van der Waals surface area contributed by atoms with E-state index in [4.69, 9.17) is 17.3 Å². The Labute approximate surface area is 843 Å². The molecular weight excluding hydrogens is 1810 g/mol. The Balaban J connectivity index is 0.000000111.